The Hall–Kier alpha value is -3.13. The molecule has 3 heterocycles. The van der Waals surface area contributed by atoms with Gasteiger partial charge in [-0.15, -0.1) is 5.10 Å². The summed E-state index contributed by atoms with van der Waals surface area (Å²) in [6.45, 7) is 9.30. The number of piperazine rings is 1. The number of anilines is 2. The van der Waals surface area contributed by atoms with E-state index < -0.39 is 0 Å². The minimum atomic E-state index is -0.325. The molecule has 1 aliphatic rings. The minimum absolute atomic E-state index is 0.124. The molecule has 0 bridgehead atoms. The Morgan fingerprint density at radius 1 is 1.14 bits per heavy atom. The maximum Gasteiger partial charge on any atom is 0.350 e. The van der Waals surface area contributed by atoms with Gasteiger partial charge in [0.1, 0.15) is 6.54 Å². The molecule has 8 heteroatoms. The van der Waals surface area contributed by atoms with Gasteiger partial charge in [-0.3, -0.25) is 9.20 Å². The Labute approximate surface area is 169 Å². The monoisotopic (exact) mass is 394 g/mol. The summed E-state index contributed by atoms with van der Waals surface area (Å²) in [4.78, 5) is 29.6. The van der Waals surface area contributed by atoms with Gasteiger partial charge in [-0.2, -0.15) is 0 Å². The van der Waals surface area contributed by atoms with Crippen molar-refractivity contribution in [2.75, 3.05) is 42.9 Å². The number of benzene rings is 1. The number of carbonyl (C=O) groups excluding carboxylic acids is 1. The number of carbonyl (C=O) groups is 1. The third-order valence-electron chi connectivity index (χ3n) is 5.45. The molecule has 2 aromatic heterocycles. The fourth-order valence-electron chi connectivity index (χ4n) is 3.70. The van der Waals surface area contributed by atoms with E-state index in [4.69, 9.17) is 0 Å². The molecule has 0 radical (unpaired) electrons. The average molecular weight is 394 g/mol. The number of fused-ring (bicyclic) bond motifs is 1. The molecule has 29 heavy (non-hydrogen) atoms. The van der Waals surface area contributed by atoms with Gasteiger partial charge in [0.15, 0.2) is 5.65 Å². The predicted octanol–water partition coefficient (Wildman–Crippen LogP) is 1.59. The third-order valence-corrected chi connectivity index (χ3v) is 5.45. The fraction of sp³-hybridized carbons (Fsp3) is 0.381. The van der Waals surface area contributed by atoms with Gasteiger partial charge >= 0.3 is 5.69 Å². The molecule has 4 rings (SSSR count). The van der Waals surface area contributed by atoms with Crippen LogP contribution >= 0.6 is 0 Å². The number of aryl methyl sites for hydroxylation is 1. The number of hydrogen-bond donors (Lipinski definition) is 1. The lowest BCUT2D eigenvalue weighted by Gasteiger charge is -2.35. The molecule has 0 atom stereocenters. The topological polar surface area (TPSA) is 74.9 Å². The molecule has 1 saturated heterocycles. The van der Waals surface area contributed by atoms with E-state index in [2.05, 4.69) is 33.2 Å². The van der Waals surface area contributed by atoms with E-state index in [1.54, 1.807) is 24.4 Å². The van der Waals surface area contributed by atoms with Gasteiger partial charge in [-0.1, -0.05) is 13.0 Å². The Morgan fingerprint density at radius 3 is 2.62 bits per heavy atom. The molecule has 1 N–H and O–H groups in total. The third kappa shape index (κ3) is 4.02. The first kappa shape index (κ1) is 19.2. The highest BCUT2D eigenvalue weighted by atomic mass is 16.2. The van der Waals surface area contributed by atoms with Crippen molar-refractivity contribution in [3.63, 3.8) is 0 Å². The molecular weight excluding hydrogens is 368 g/mol. The van der Waals surface area contributed by atoms with Crippen molar-refractivity contribution in [2.24, 2.45) is 0 Å². The molecule has 3 aromatic rings. The van der Waals surface area contributed by atoms with Gasteiger partial charge in [0.2, 0.25) is 5.91 Å². The molecule has 1 aliphatic heterocycles. The van der Waals surface area contributed by atoms with Gasteiger partial charge in [-0.05, 0) is 49.4 Å². The SMILES string of the molecule is CCN1CCN(c2ccc(NC(=O)Cn3nc4ccccn4c3=O)c(C)c2)CC1. The van der Waals surface area contributed by atoms with E-state index in [-0.39, 0.29) is 18.1 Å². The van der Waals surface area contributed by atoms with Crippen LogP contribution in [0.15, 0.2) is 47.4 Å². The van der Waals surface area contributed by atoms with Crippen LogP contribution in [-0.4, -0.2) is 57.7 Å². The summed E-state index contributed by atoms with van der Waals surface area (Å²) in [5, 5.41) is 7.10. The van der Waals surface area contributed by atoms with Gasteiger partial charge < -0.3 is 15.1 Å². The maximum atomic E-state index is 12.5. The van der Waals surface area contributed by atoms with Gasteiger partial charge in [-0.25, -0.2) is 9.48 Å². The van der Waals surface area contributed by atoms with Crippen molar-refractivity contribution in [3.05, 3.63) is 58.6 Å². The largest absolute Gasteiger partial charge is 0.369 e. The van der Waals surface area contributed by atoms with Crippen LogP contribution in [0, 0.1) is 6.92 Å². The zero-order valence-corrected chi connectivity index (χ0v) is 16.8. The lowest BCUT2D eigenvalue weighted by Crippen LogP contribution is -2.46. The van der Waals surface area contributed by atoms with E-state index >= 15 is 0 Å². The lowest BCUT2D eigenvalue weighted by molar-refractivity contribution is -0.117. The highest BCUT2D eigenvalue weighted by Crippen LogP contribution is 2.23. The number of hydrogen-bond acceptors (Lipinski definition) is 5. The van der Waals surface area contributed by atoms with Gasteiger partial charge in [0, 0.05) is 43.8 Å². The predicted molar refractivity (Wildman–Crippen MR) is 114 cm³/mol. The van der Waals surface area contributed by atoms with Crippen molar-refractivity contribution in [2.45, 2.75) is 20.4 Å². The standard InChI is InChI=1S/C21H26N6O2/c1-3-24-10-12-25(13-11-24)17-7-8-18(16(2)14-17)22-20(28)15-27-21(29)26-9-5-4-6-19(26)23-27/h4-9,14H,3,10-13,15H2,1-2H3,(H,22,28). The second-order valence-corrected chi connectivity index (χ2v) is 7.34. The van der Waals surface area contributed by atoms with Gasteiger partial charge in [0.05, 0.1) is 0 Å². The van der Waals surface area contributed by atoms with Crippen molar-refractivity contribution in [1.29, 1.82) is 0 Å². The number of aromatic nitrogens is 3. The number of nitrogens with zero attached hydrogens (tertiary/aromatic N) is 5. The van der Waals surface area contributed by atoms with E-state index in [0.717, 1.165) is 44.0 Å². The Bertz CT molecular complexity index is 1080. The average Bonchev–Trinajstić information content (AvgIpc) is 3.05. The molecule has 1 amide bonds. The first-order valence-corrected chi connectivity index (χ1v) is 9.97. The number of pyridine rings is 1. The van der Waals surface area contributed by atoms with Crippen LogP contribution in [0.25, 0.3) is 5.65 Å². The summed E-state index contributed by atoms with van der Waals surface area (Å²) in [6.07, 6.45) is 1.64. The quantitative estimate of drug-likeness (QED) is 0.711. The van der Waals surface area contributed by atoms with E-state index in [0.29, 0.717) is 5.65 Å². The molecule has 1 fully saturated rings. The van der Waals surface area contributed by atoms with Crippen molar-refractivity contribution in [3.8, 4) is 0 Å². The highest BCUT2D eigenvalue weighted by Gasteiger charge is 2.17. The molecule has 0 aliphatic carbocycles. The summed E-state index contributed by atoms with van der Waals surface area (Å²) in [5.41, 5.74) is 3.12. The van der Waals surface area contributed by atoms with Crippen LogP contribution in [0.3, 0.4) is 0 Å². The number of amides is 1. The zero-order valence-electron chi connectivity index (χ0n) is 16.8. The Kier molecular flexibility index (Phi) is 5.35. The molecule has 0 saturated carbocycles. The first-order chi connectivity index (χ1) is 14.0. The summed E-state index contributed by atoms with van der Waals surface area (Å²) in [5.74, 6) is -0.275. The van der Waals surface area contributed by atoms with Crippen LogP contribution in [0.4, 0.5) is 11.4 Å². The zero-order chi connectivity index (χ0) is 20.4. The van der Waals surface area contributed by atoms with Crippen LogP contribution in [-0.2, 0) is 11.3 Å². The fourth-order valence-corrected chi connectivity index (χ4v) is 3.70. The molecule has 0 spiro atoms. The highest BCUT2D eigenvalue weighted by molar-refractivity contribution is 5.91. The minimum Gasteiger partial charge on any atom is -0.369 e. The van der Waals surface area contributed by atoms with Crippen LogP contribution in [0.1, 0.15) is 12.5 Å². The van der Waals surface area contributed by atoms with E-state index in [1.165, 1.54) is 14.8 Å². The molecule has 0 unspecified atom stereocenters. The normalized spacial score (nSPS) is 15.0. The summed E-state index contributed by atoms with van der Waals surface area (Å²) < 4.78 is 2.60. The number of nitrogens with one attached hydrogen (secondary N) is 1. The summed E-state index contributed by atoms with van der Waals surface area (Å²) in [6, 6.07) is 11.4. The van der Waals surface area contributed by atoms with Crippen LogP contribution in [0.5, 0.6) is 0 Å². The maximum absolute atomic E-state index is 12.5. The van der Waals surface area contributed by atoms with Gasteiger partial charge in [0.25, 0.3) is 0 Å². The first-order valence-electron chi connectivity index (χ1n) is 9.97. The van der Waals surface area contributed by atoms with Crippen molar-refractivity contribution in [1.82, 2.24) is 19.1 Å². The summed E-state index contributed by atoms with van der Waals surface area (Å²) in [7, 11) is 0. The second-order valence-electron chi connectivity index (χ2n) is 7.34. The Balaban J connectivity index is 1.43. The Morgan fingerprint density at radius 2 is 1.93 bits per heavy atom. The molecule has 152 valence electrons. The molecule has 1 aromatic carbocycles. The van der Waals surface area contributed by atoms with Crippen molar-refractivity contribution >= 4 is 22.9 Å². The van der Waals surface area contributed by atoms with E-state index in [1.807, 2.05) is 19.1 Å². The number of likely N-dealkylation sites (N-methyl/N-ethyl adjacent to an activating group) is 1. The van der Waals surface area contributed by atoms with Crippen molar-refractivity contribution < 1.29 is 4.79 Å². The lowest BCUT2D eigenvalue weighted by atomic mass is 10.1. The number of rotatable bonds is 5. The molecular formula is C21H26N6O2. The van der Waals surface area contributed by atoms with Crippen LogP contribution < -0.4 is 15.9 Å². The molecule has 8 nitrogen and oxygen atoms in total. The van der Waals surface area contributed by atoms with E-state index in [9.17, 15) is 9.59 Å². The van der Waals surface area contributed by atoms with Crippen LogP contribution in [0.2, 0.25) is 0 Å². The second kappa shape index (κ2) is 8.08. The summed E-state index contributed by atoms with van der Waals surface area (Å²) >= 11 is 0. The smallest absolute Gasteiger partial charge is 0.350 e.